The topological polar surface area (TPSA) is 26.3 Å². The molecule has 6 rings (SSSR count). The SMILES string of the molecule is [2H]C([2H])(Sc1c(-c2c(C)cc(C)cc2C)cc(-c2cc(-c3c(C)cc(C)cc3C)c(SC)c(-c3c(C)cc(C)cc3C)c2)cc1-c1c(C)cc(C)cc1C)C(=O)OC(F)(F)F. The van der Waals surface area contributed by atoms with E-state index < -0.39 is 18.0 Å². The van der Waals surface area contributed by atoms with Crippen molar-refractivity contribution < 1.29 is 25.4 Å². The number of rotatable bonds is 9. The fourth-order valence-corrected chi connectivity index (χ4v) is 10.8. The molecule has 0 aliphatic rings. The van der Waals surface area contributed by atoms with E-state index in [1.165, 1.54) is 11.1 Å². The van der Waals surface area contributed by atoms with Gasteiger partial charge < -0.3 is 4.74 Å². The van der Waals surface area contributed by atoms with Crippen LogP contribution in [0.2, 0.25) is 0 Å². The number of hydrogen-bond acceptors (Lipinski definition) is 4. The summed E-state index contributed by atoms with van der Waals surface area (Å²) in [7, 11) is 0. The highest BCUT2D eigenvalue weighted by Crippen LogP contribution is 2.50. The second kappa shape index (κ2) is 17.1. The third kappa shape index (κ3) is 9.22. The van der Waals surface area contributed by atoms with Crippen LogP contribution in [0.25, 0.3) is 55.6 Å². The number of esters is 1. The Morgan fingerprint density at radius 3 is 0.983 bits per heavy atom. The van der Waals surface area contributed by atoms with Gasteiger partial charge in [-0.25, -0.2) is 0 Å². The minimum Gasteiger partial charge on any atom is -0.372 e. The molecular formula is C52H53F3O2S2. The third-order valence-corrected chi connectivity index (χ3v) is 12.7. The Morgan fingerprint density at radius 2 is 0.746 bits per heavy atom. The van der Waals surface area contributed by atoms with E-state index in [1.54, 1.807) is 11.8 Å². The molecule has 0 aromatic heterocycles. The maximum Gasteiger partial charge on any atom is 0.575 e. The number of carbonyl (C=O) groups is 1. The summed E-state index contributed by atoms with van der Waals surface area (Å²) in [5.41, 5.74) is 18.7. The fraction of sp³-hybridized carbons (Fsp3) is 0.288. The van der Waals surface area contributed by atoms with E-state index >= 15 is 0 Å². The fourth-order valence-electron chi connectivity index (χ4n) is 9.30. The molecule has 59 heavy (non-hydrogen) atoms. The summed E-state index contributed by atoms with van der Waals surface area (Å²) in [4.78, 5) is 14.5. The normalized spacial score (nSPS) is 12.4. The highest BCUT2D eigenvalue weighted by atomic mass is 32.2. The van der Waals surface area contributed by atoms with E-state index in [2.05, 4.69) is 88.9 Å². The van der Waals surface area contributed by atoms with Crippen molar-refractivity contribution in [2.75, 3.05) is 12.0 Å². The first-order valence-corrected chi connectivity index (χ1v) is 21.7. The van der Waals surface area contributed by atoms with Gasteiger partial charge in [0, 0.05) is 9.79 Å². The molecule has 306 valence electrons. The van der Waals surface area contributed by atoms with Crippen LogP contribution in [-0.2, 0) is 9.53 Å². The van der Waals surface area contributed by atoms with Crippen LogP contribution in [0, 0.1) is 83.1 Å². The van der Waals surface area contributed by atoms with Crippen LogP contribution in [0.5, 0.6) is 0 Å². The van der Waals surface area contributed by atoms with Crippen LogP contribution >= 0.6 is 23.5 Å². The zero-order chi connectivity index (χ0) is 45.0. The maximum absolute atomic E-state index is 13.5. The summed E-state index contributed by atoms with van der Waals surface area (Å²) in [5, 5.41) is 0. The highest BCUT2D eigenvalue weighted by Gasteiger charge is 2.34. The van der Waals surface area contributed by atoms with Crippen molar-refractivity contribution in [1.29, 1.82) is 0 Å². The Labute approximate surface area is 359 Å². The molecule has 0 saturated carbocycles. The summed E-state index contributed by atoms with van der Waals surface area (Å²) in [5.74, 6) is -2.02. The van der Waals surface area contributed by atoms with Gasteiger partial charge >= 0.3 is 12.3 Å². The molecule has 0 unspecified atom stereocenters. The number of benzene rings is 6. The van der Waals surface area contributed by atoms with Gasteiger partial charge in [-0.3, -0.25) is 4.79 Å². The first-order chi connectivity index (χ1) is 28.4. The second-order valence-corrected chi connectivity index (χ2v) is 17.8. The van der Waals surface area contributed by atoms with Crippen LogP contribution < -0.4 is 0 Å². The van der Waals surface area contributed by atoms with Crippen LogP contribution in [0.3, 0.4) is 0 Å². The van der Waals surface area contributed by atoms with E-state index in [0.717, 1.165) is 105 Å². The number of carbonyl (C=O) groups excluding carboxylic acids is 1. The molecule has 0 N–H and O–H groups in total. The molecule has 2 nitrogen and oxygen atoms in total. The standard InChI is InChI=1S/C52H53F3O2S2/c1-27-14-31(5)46(32(6)15-27)41-22-39(23-42(50(41)58-13)47-33(7)16-28(2)17-34(47)8)40-24-43(48-35(9)18-29(3)19-36(48)10)51(59-26-45(56)57-52(53,54)55)44(25-40)49-37(11)20-30(4)21-38(49)12/h14-25H,26H2,1-13H3/i26D2. The zero-order valence-corrected chi connectivity index (χ0v) is 37.8. The lowest BCUT2D eigenvalue weighted by Crippen LogP contribution is -2.20. The quantitative estimate of drug-likeness (QED) is 0.107. The lowest BCUT2D eigenvalue weighted by molar-refractivity contribution is -0.304. The van der Waals surface area contributed by atoms with Gasteiger partial charge in [-0.1, -0.05) is 70.8 Å². The summed E-state index contributed by atoms with van der Waals surface area (Å²) in [6.45, 7) is 24.8. The van der Waals surface area contributed by atoms with Crippen molar-refractivity contribution >= 4 is 29.5 Å². The minimum atomic E-state index is -5.35. The van der Waals surface area contributed by atoms with Gasteiger partial charge in [0.15, 0.2) is 0 Å². The van der Waals surface area contributed by atoms with Crippen molar-refractivity contribution in [1.82, 2.24) is 0 Å². The van der Waals surface area contributed by atoms with Crippen LogP contribution in [0.15, 0.2) is 82.6 Å². The lowest BCUT2D eigenvalue weighted by Gasteiger charge is -2.25. The largest absolute Gasteiger partial charge is 0.575 e. The van der Waals surface area contributed by atoms with E-state index in [9.17, 15) is 18.0 Å². The highest BCUT2D eigenvalue weighted by molar-refractivity contribution is 8.00. The Hall–Kier alpha value is -4.72. The molecular weight excluding hydrogens is 778 g/mol. The summed E-state index contributed by atoms with van der Waals surface area (Å²) < 4.78 is 61.8. The van der Waals surface area contributed by atoms with Gasteiger partial charge in [-0.2, -0.15) is 0 Å². The van der Waals surface area contributed by atoms with Crippen LogP contribution in [-0.4, -0.2) is 24.3 Å². The summed E-state index contributed by atoms with van der Waals surface area (Å²) in [6, 6.07) is 25.6. The lowest BCUT2D eigenvalue weighted by atomic mass is 9.84. The molecule has 0 saturated heterocycles. The average molecular weight is 833 g/mol. The summed E-state index contributed by atoms with van der Waals surface area (Å²) >= 11 is 2.17. The molecule has 0 fully saturated rings. The predicted molar refractivity (Wildman–Crippen MR) is 245 cm³/mol. The number of hydrogen-bond donors (Lipinski definition) is 0. The molecule has 0 bridgehead atoms. The second-order valence-electron chi connectivity index (χ2n) is 16.1. The first kappa shape index (κ1) is 41.0. The van der Waals surface area contributed by atoms with Crippen molar-refractivity contribution in [2.24, 2.45) is 0 Å². The van der Waals surface area contributed by atoms with Crippen molar-refractivity contribution in [3.63, 3.8) is 0 Å². The average Bonchev–Trinajstić information content (AvgIpc) is 3.10. The van der Waals surface area contributed by atoms with E-state index in [-0.39, 0.29) is 0 Å². The minimum absolute atomic E-state index is 0.342. The Bertz CT molecular complexity index is 2500. The Balaban J connectivity index is 1.83. The van der Waals surface area contributed by atoms with Gasteiger partial charge in [0.1, 0.15) is 0 Å². The maximum atomic E-state index is 13.5. The third-order valence-electron chi connectivity index (χ3n) is 10.9. The molecule has 6 aromatic carbocycles. The molecule has 0 aliphatic carbocycles. The molecule has 0 atom stereocenters. The van der Waals surface area contributed by atoms with E-state index in [1.807, 2.05) is 77.9 Å². The van der Waals surface area contributed by atoms with Gasteiger partial charge in [0.05, 0.1) is 8.45 Å². The van der Waals surface area contributed by atoms with E-state index in [0.29, 0.717) is 27.8 Å². The van der Waals surface area contributed by atoms with Gasteiger partial charge in [0.2, 0.25) is 0 Å². The van der Waals surface area contributed by atoms with Gasteiger partial charge in [0.25, 0.3) is 0 Å². The molecule has 0 amide bonds. The number of ether oxygens (including phenoxy) is 1. The molecule has 0 heterocycles. The molecule has 0 radical (unpaired) electrons. The van der Waals surface area contributed by atoms with Crippen LogP contribution in [0.4, 0.5) is 13.2 Å². The predicted octanol–water partition coefficient (Wildman–Crippen LogP) is 15.6. The molecule has 7 heteroatoms. The van der Waals surface area contributed by atoms with Crippen molar-refractivity contribution in [3.8, 4) is 55.6 Å². The van der Waals surface area contributed by atoms with Crippen LogP contribution in [0.1, 0.15) is 69.5 Å². The smallest absolute Gasteiger partial charge is 0.372 e. The number of aryl methyl sites for hydroxylation is 12. The molecule has 6 aromatic rings. The van der Waals surface area contributed by atoms with Crippen molar-refractivity contribution in [2.45, 2.75) is 99.2 Å². The summed E-state index contributed by atoms with van der Waals surface area (Å²) in [6.07, 6.45) is -3.24. The van der Waals surface area contributed by atoms with Gasteiger partial charge in [-0.15, -0.1) is 36.7 Å². The van der Waals surface area contributed by atoms with Gasteiger partial charge in [-0.05, 0) is 214 Å². The monoisotopic (exact) mass is 832 g/mol. The number of alkyl halides is 3. The molecule has 0 aliphatic heterocycles. The first-order valence-electron chi connectivity index (χ1n) is 20.6. The Morgan fingerprint density at radius 1 is 0.492 bits per heavy atom. The zero-order valence-electron chi connectivity index (χ0n) is 38.2. The Kier molecular flexibility index (Phi) is 11.9. The molecule has 0 spiro atoms. The van der Waals surface area contributed by atoms with Crippen molar-refractivity contribution in [3.05, 3.63) is 140 Å². The van der Waals surface area contributed by atoms with E-state index in [4.69, 9.17) is 2.74 Å². The number of halogens is 3. The number of thioether (sulfide) groups is 2.